The second kappa shape index (κ2) is 10.8. The van der Waals surface area contributed by atoms with E-state index in [1.165, 1.54) is 25.1 Å². The van der Waals surface area contributed by atoms with Crippen LogP contribution in [0.4, 0.5) is 0 Å². The molecule has 2 aromatic carbocycles. The average molecular weight is 507 g/mol. The van der Waals surface area contributed by atoms with Crippen LogP contribution in [-0.2, 0) is 16.3 Å². The maximum Gasteiger partial charge on any atom is 0.175 e. The van der Waals surface area contributed by atoms with Crippen LogP contribution in [0.2, 0.25) is 5.02 Å². The van der Waals surface area contributed by atoms with Gasteiger partial charge >= 0.3 is 0 Å². The zero-order valence-electron chi connectivity index (χ0n) is 17.7. The second-order valence-electron chi connectivity index (χ2n) is 7.28. The van der Waals surface area contributed by atoms with Crippen molar-refractivity contribution < 1.29 is 13.6 Å². The number of hydrogen-bond acceptors (Lipinski definition) is 6. The Morgan fingerprint density at radius 3 is 2.34 bits per heavy atom. The van der Waals surface area contributed by atoms with Crippen molar-refractivity contribution in [2.75, 3.05) is 19.1 Å². The molecule has 0 spiro atoms. The van der Waals surface area contributed by atoms with E-state index in [1.807, 2.05) is 30.5 Å². The number of rotatable bonds is 7. The van der Waals surface area contributed by atoms with E-state index in [1.54, 1.807) is 24.3 Å². The molecule has 1 aromatic heterocycles. The molecule has 0 bridgehead atoms. The fourth-order valence-electron chi connectivity index (χ4n) is 3.11. The zero-order chi connectivity index (χ0) is 23.3. The maximum atomic E-state index is 11.8. The number of nitrogens with zero attached hydrogens (tertiary/aromatic N) is 2. The van der Waals surface area contributed by atoms with E-state index >= 15 is 0 Å². The molecule has 0 atom stereocenters. The Morgan fingerprint density at radius 1 is 1.12 bits per heavy atom. The van der Waals surface area contributed by atoms with Gasteiger partial charge in [-0.05, 0) is 54.3 Å². The topological polar surface area (TPSA) is 70.5 Å². The zero-order valence-corrected chi connectivity index (χ0v) is 20.9. The highest BCUT2D eigenvalue weighted by atomic mass is 35.5. The van der Waals surface area contributed by atoms with E-state index in [0.717, 1.165) is 51.6 Å². The Labute approximate surface area is 203 Å². The molecule has 168 valence electrons. The van der Waals surface area contributed by atoms with E-state index in [-0.39, 0.29) is 4.90 Å². The molecule has 3 aromatic rings. The highest BCUT2D eigenvalue weighted by molar-refractivity contribution is 8.22. The summed E-state index contributed by atoms with van der Waals surface area (Å²) in [6.07, 6.45) is 4.73. The van der Waals surface area contributed by atoms with Crippen molar-refractivity contribution in [2.45, 2.75) is 17.7 Å². The number of halogens is 1. The first-order chi connectivity index (χ1) is 15.1. The highest BCUT2D eigenvalue weighted by Gasteiger charge is 2.13. The average Bonchev–Trinajstić information content (AvgIpc) is 2.76. The SMILES string of the molecule is CN(O)C(=S)SCCCc1cnc(-c2ccc(S(C)(=O)=O)cc2)c(-c2ccc(Cl)cc2)c1. The molecule has 0 saturated carbocycles. The van der Waals surface area contributed by atoms with E-state index < -0.39 is 9.84 Å². The molecule has 32 heavy (non-hydrogen) atoms. The minimum Gasteiger partial charge on any atom is -0.287 e. The van der Waals surface area contributed by atoms with Gasteiger partial charge in [-0.1, -0.05) is 59.8 Å². The molecule has 0 fully saturated rings. The van der Waals surface area contributed by atoms with Crippen LogP contribution in [0.1, 0.15) is 12.0 Å². The standard InChI is InChI=1S/C23H23ClN2O3S3/c1-26(27)23(30)31-13-3-4-16-14-21(17-5-9-19(24)10-6-17)22(25-15-16)18-7-11-20(12-8-18)32(2,28)29/h5-12,14-15,27H,3-4,13H2,1-2H3. The van der Waals surface area contributed by atoms with Crippen molar-refractivity contribution >= 4 is 49.7 Å². The van der Waals surface area contributed by atoms with Crippen LogP contribution >= 0.6 is 35.6 Å². The molecule has 0 amide bonds. The number of sulfone groups is 1. The van der Waals surface area contributed by atoms with Crippen LogP contribution in [0.15, 0.2) is 65.7 Å². The van der Waals surface area contributed by atoms with Gasteiger partial charge in [0, 0.05) is 41.4 Å². The molecular formula is C23H23ClN2O3S3. The van der Waals surface area contributed by atoms with Gasteiger partial charge in [-0.2, -0.15) is 0 Å². The lowest BCUT2D eigenvalue weighted by molar-refractivity contribution is 0.0205. The van der Waals surface area contributed by atoms with Crippen LogP contribution in [0.5, 0.6) is 0 Å². The summed E-state index contributed by atoms with van der Waals surface area (Å²) in [5, 5.41) is 10.9. The minimum atomic E-state index is -3.26. The van der Waals surface area contributed by atoms with Crippen molar-refractivity contribution in [2.24, 2.45) is 0 Å². The molecule has 3 rings (SSSR count). The van der Waals surface area contributed by atoms with Gasteiger partial charge in [-0.15, -0.1) is 0 Å². The van der Waals surface area contributed by atoms with Gasteiger partial charge in [0.05, 0.1) is 10.6 Å². The smallest absolute Gasteiger partial charge is 0.175 e. The summed E-state index contributed by atoms with van der Waals surface area (Å²) in [5.41, 5.74) is 4.61. The van der Waals surface area contributed by atoms with Gasteiger partial charge in [-0.3, -0.25) is 10.2 Å². The van der Waals surface area contributed by atoms with Gasteiger partial charge in [0.2, 0.25) is 0 Å². The molecule has 0 saturated heterocycles. The van der Waals surface area contributed by atoms with Gasteiger partial charge in [-0.25, -0.2) is 13.5 Å². The van der Waals surface area contributed by atoms with Gasteiger partial charge in [0.1, 0.15) is 0 Å². The monoisotopic (exact) mass is 506 g/mol. The maximum absolute atomic E-state index is 11.8. The lowest BCUT2D eigenvalue weighted by atomic mass is 9.97. The summed E-state index contributed by atoms with van der Waals surface area (Å²) in [6, 6.07) is 16.4. The summed E-state index contributed by atoms with van der Waals surface area (Å²) >= 11 is 12.6. The summed E-state index contributed by atoms with van der Waals surface area (Å²) in [6.45, 7) is 0. The largest absolute Gasteiger partial charge is 0.287 e. The number of aromatic nitrogens is 1. The van der Waals surface area contributed by atoms with Crippen LogP contribution in [-0.4, -0.2) is 47.0 Å². The number of hydrogen-bond donors (Lipinski definition) is 1. The second-order valence-corrected chi connectivity index (χ2v) is 11.5. The molecule has 0 aliphatic heterocycles. The van der Waals surface area contributed by atoms with Crippen molar-refractivity contribution in [1.82, 2.24) is 10.0 Å². The van der Waals surface area contributed by atoms with Crippen molar-refractivity contribution in [3.05, 3.63) is 71.4 Å². The number of hydroxylamine groups is 2. The van der Waals surface area contributed by atoms with Crippen molar-refractivity contribution in [3.8, 4) is 22.4 Å². The summed E-state index contributed by atoms with van der Waals surface area (Å²) in [4.78, 5) is 4.99. The first-order valence-electron chi connectivity index (χ1n) is 9.80. The lowest BCUT2D eigenvalue weighted by Crippen LogP contribution is -2.17. The third-order valence-electron chi connectivity index (χ3n) is 4.76. The molecule has 1 heterocycles. The van der Waals surface area contributed by atoms with E-state index in [2.05, 4.69) is 6.07 Å². The Hall–Kier alpha value is -1.97. The normalized spacial score (nSPS) is 11.4. The molecule has 0 aliphatic carbocycles. The number of benzene rings is 2. The van der Waals surface area contributed by atoms with Crippen LogP contribution in [0.3, 0.4) is 0 Å². The predicted octanol–water partition coefficient (Wildman–Crippen LogP) is 5.74. The van der Waals surface area contributed by atoms with Gasteiger partial charge in [0.15, 0.2) is 14.2 Å². The lowest BCUT2D eigenvalue weighted by Gasteiger charge is -2.13. The number of thioether (sulfide) groups is 1. The van der Waals surface area contributed by atoms with Crippen LogP contribution < -0.4 is 0 Å². The molecule has 9 heteroatoms. The third-order valence-corrected chi connectivity index (χ3v) is 7.76. The van der Waals surface area contributed by atoms with E-state index in [0.29, 0.717) is 9.34 Å². The fraction of sp³-hybridized carbons (Fsp3) is 0.217. The third kappa shape index (κ3) is 6.52. The molecule has 0 unspecified atom stereocenters. The minimum absolute atomic E-state index is 0.273. The quantitative estimate of drug-likeness (QED) is 0.249. The first-order valence-corrected chi connectivity index (χ1v) is 13.5. The summed E-state index contributed by atoms with van der Waals surface area (Å²) in [5.74, 6) is 0.786. The highest BCUT2D eigenvalue weighted by Crippen LogP contribution is 2.32. The first kappa shape index (κ1) is 24.7. The van der Waals surface area contributed by atoms with E-state index in [9.17, 15) is 13.6 Å². The molecule has 0 aliphatic rings. The molecule has 1 N–H and O–H groups in total. The number of aryl methyl sites for hydroxylation is 1. The fourth-order valence-corrected chi connectivity index (χ4v) is 4.77. The molecular weight excluding hydrogens is 484 g/mol. The van der Waals surface area contributed by atoms with Crippen molar-refractivity contribution in [3.63, 3.8) is 0 Å². The molecule has 0 radical (unpaired) electrons. The predicted molar refractivity (Wildman–Crippen MR) is 136 cm³/mol. The van der Waals surface area contributed by atoms with E-state index in [4.69, 9.17) is 28.8 Å². The van der Waals surface area contributed by atoms with Crippen molar-refractivity contribution in [1.29, 1.82) is 0 Å². The summed E-state index contributed by atoms with van der Waals surface area (Å²) in [7, 11) is -1.75. The Balaban J connectivity index is 1.90. The molecule has 5 nitrogen and oxygen atoms in total. The number of pyridine rings is 1. The number of thiocarbonyl (C=S) groups is 1. The Kier molecular flexibility index (Phi) is 8.30. The Morgan fingerprint density at radius 2 is 1.75 bits per heavy atom. The van der Waals surface area contributed by atoms with Crippen LogP contribution in [0.25, 0.3) is 22.4 Å². The van der Waals surface area contributed by atoms with Gasteiger partial charge < -0.3 is 0 Å². The summed E-state index contributed by atoms with van der Waals surface area (Å²) < 4.78 is 24.0. The Bertz CT molecular complexity index is 1200. The van der Waals surface area contributed by atoms with Gasteiger partial charge in [0.25, 0.3) is 0 Å². The van der Waals surface area contributed by atoms with Crippen LogP contribution in [0, 0.1) is 0 Å².